The van der Waals surface area contributed by atoms with Crippen LogP contribution in [0.5, 0.6) is 0 Å². The molecule has 4 aromatic rings. The SMILES string of the molecule is O=C(N[C@@H](Cc1c[nH]c2ccccc12)C(=O)[O-])OCC1c2ccccc2-c2ccccc21. The number of aliphatic carboxylic acids is 1. The first-order valence-electron chi connectivity index (χ1n) is 10.5. The minimum Gasteiger partial charge on any atom is -0.548 e. The van der Waals surface area contributed by atoms with Crippen molar-refractivity contribution in [3.8, 4) is 11.1 Å². The smallest absolute Gasteiger partial charge is 0.407 e. The van der Waals surface area contributed by atoms with Crippen molar-refractivity contribution in [3.05, 3.63) is 95.7 Å². The van der Waals surface area contributed by atoms with Crippen LogP contribution >= 0.6 is 0 Å². The standard InChI is InChI=1S/C26H22N2O4/c29-25(30)24(13-16-14-27-23-12-6-5-7-17(16)23)28-26(31)32-15-22-20-10-3-1-8-18(20)19-9-2-4-11-21(19)22/h1-12,14,22,24,27H,13,15H2,(H,28,31)(H,29,30)/p-1/t24-/m0/s1. The first kappa shape index (κ1) is 19.9. The molecule has 0 spiro atoms. The minimum absolute atomic E-state index is 0.0938. The van der Waals surface area contributed by atoms with Crippen molar-refractivity contribution in [2.45, 2.75) is 18.4 Å². The summed E-state index contributed by atoms with van der Waals surface area (Å²) in [6.07, 6.45) is 1.07. The normalized spacial score (nSPS) is 13.4. The topological polar surface area (TPSA) is 94.2 Å². The Labute approximate surface area is 184 Å². The Balaban J connectivity index is 1.28. The quantitative estimate of drug-likeness (QED) is 0.495. The van der Waals surface area contributed by atoms with Crippen molar-refractivity contribution in [1.29, 1.82) is 0 Å². The van der Waals surface area contributed by atoms with Gasteiger partial charge in [0, 0.05) is 29.4 Å². The number of hydrogen-bond donors (Lipinski definition) is 2. The van der Waals surface area contributed by atoms with Gasteiger partial charge in [0.2, 0.25) is 0 Å². The highest BCUT2D eigenvalue weighted by Gasteiger charge is 2.29. The van der Waals surface area contributed by atoms with E-state index in [1.54, 1.807) is 6.20 Å². The summed E-state index contributed by atoms with van der Waals surface area (Å²) >= 11 is 0. The van der Waals surface area contributed by atoms with E-state index in [1.807, 2.05) is 60.7 Å². The lowest BCUT2D eigenvalue weighted by atomic mass is 9.98. The van der Waals surface area contributed by atoms with Crippen molar-refractivity contribution in [1.82, 2.24) is 10.3 Å². The Hall–Kier alpha value is -4.06. The molecule has 1 aliphatic carbocycles. The highest BCUT2D eigenvalue weighted by atomic mass is 16.5. The van der Waals surface area contributed by atoms with Gasteiger partial charge in [0.05, 0.1) is 12.0 Å². The molecule has 0 bridgehead atoms. The molecule has 0 aliphatic heterocycles. The molecule has 0 saturated heterocycles. The lowest BCUT2D eigenvalue weighted by Crippen LogP contribution is -2.49. The average Bonchev–Trinajstić information content (AvgIpc) is 3.36. The zero-order chi connectivity index (χ0) is 22.1. The maximum absolute atomic E-state index is 12.5. The lowest BCUT2D eigenvalue weighted by Gasteiger charge is -2.20. The highest BCUT2D eigenvalue weighted by Crippen LogP contribution is 2.44. The number of hydrogen-bond acceptors (Lipinski definition) is 4. The Kier molecular flexibility index (Phi) is 5.11. The maximum atomic E-state index is 12.5. The van der Waals surface area contributed by atoms with Crippen LogP contribution in [0.4, 0.5) is 4.79 Å². The molecule has 1 aromatic heterocycles. The Morgan fingerprint density at radius 1 is 0.938 bits per heavy atom. The van der Waals surface area contributed by atoms with Gasteiger partial charge < -0.3 is 24.9 Å². The first-order chi connectivity index (χ1) is 15.6. The van der Waals surface area contributed by atoms with Gasteiger partial charge in [0.15, 0.2) is 0 Å². The number of benzene rings is 3. The molecule has 0 unspecified atom stereocenters. The van der Waals surface area contributed by atoms with Crippen LogP contribution in [0, 0.1) is 0 Å². The van der Waals surface area contributed by atoms with Crippen molar-refractivity contribution in [2.75, 3.05) is 6.61 Å². The Morgan fingerprint density at radius 2 is 1.56 bits per heavy atom. The zero-order valence-electron chi connectivity index (χ0n) is 17.2. The van der Waals surface area contributed by atoms with E-state index < -0.39 is 18.1 Å². The number of amides is 1. The molecule has 32 heavy (non-hydrogen) atoms. The van der Waals surface area contributed by atoms with Crippen LogP contribution in [-0.2, 0) is 16.0 Å². The van der Waals surface area contributed by atoms with E-state index >= 15 is 0 Å². The molecule has 160 valence electrons. The monoisotopic (exact) mass is 425 g/mol. The third kappa shape index (κ3) is 3.60. The number of alkyl carbamates (subject to hydrolysis) is 1. The van der Waals surface area contributed by atoms with Crippen LogP contribution in [0.25, 0.3) is 22.0 Å². The number of carbonyl (C=O) groups is 2. The summed E-state index contributed by atoms with van der Waals surface area (Å²) in [6, 6.07) is 22.5. The number of carboxylic acids is 1. The van der Waals surface area contributed by atoms with Crippen LogP contribution in [0.15, 0.2) is 79.0 Å². The van der Waals surface area contributed by atoms with E-state index in [2.05, 4.69) is 22.4 Å². The van der Waals surface area contributed by atoms with Gasteiger partial charge in [-0.1, -0.05) is 66.7 Å². The molecule has 0 fully saturated rings. The number of aromatic amines is 1. The molecule has 1 aliphatic rings. The third-order valence-corrected chi connectivity index (χ3v) is 6.02. The van der Waals surface area contributed by atoms with E-state index in [9.17, 15) is 14.7 Å². The maximum Gasteiger partial charge on any atom is 0.407 e. The van der Waals surface area contributed by atoms with Gasteiger partial charge >= 0.3 is 6.09 Å². The highest BCUT2D eigenvalue weighted by molar-refractivity contribution is 5.85. The summed E-state index contributed by atoms with van der Waals surface area (Å²) in [5, 5.41) is 15.1. The number of carbonyl (C=O) groups excluding carboxylic acids is 2. The fraction of sp³-hybridized carbons (Fsp3) is 0.154. The molecule has 2 N–H and O–H groups in total. The Morgan fingerprint density at radius 3 is 2.25 bits per heavy atom. The van der Waals surface area contributed by atoms with Crippen LogP contribution < -0.4 is 10.4 Å². The van der Waals surface area contributed by atoms with Gasteiger partial charge in [0.1, 0.15) is 6.61 Å². The molecule has 0 saturated carbocycles. The van der Waals surface area contributed by atoms with Gasteiger partial charge in [-0.25, -0.2) is 4.79 Å². The molecule has 1 heterocycles. The number of fused-ring (bicyclic) bond motifs is 4. The molecule has 3 aromatic carbocycles. The second-order valence-electron chi connectivity index (χ2n) is 7.91. The van der Waals surface area contributed by atoms with E-state index in [4.69, 9.17) is 4.74 Å². The summed E-state index contributed by atoms with van der Waals surface area (Å²) in [5.41, 5.74) is 6.14. The molecular weight excluding hydrogens is 404 g/mol. The number of ether oxygens (including phenoxy) is 1. The van der Waals surface area contributed by atoms with Crippen molar-refractivity contribution in [2.24, 2.45) is 0 Å². The summed E-state index contributed by atoms with van der Waals surface area (Å²) in [7, 11) is 0. The molecule has 6 heteroatoms. The van der Waals surface area contributed by atoms with Crippen LogP contribution in [0.3, 0.4) is 0 Å². The summed E-state index contributed by atoms with van der Waals surface area (Å²) in [4.78, 5) is 27.3. The number of aromatic nitrogens is 1. The Bertz CT molecular complexity index is 1260. The predicted molar refractivity (Wildman–Crippen MR) is 119 cm³/mol. The molecule has 1 atom stereocenters. The van der Waals surface area contributed by atoms with Gasteiger partial charge in [0.25, 0.3) is 0 Å². The van der Waals surface area contributed by atoms with E-state index in [0.29, 0.717) is 0 Å². The van der Waals surface area contributed by atoms with Crippen LogP contribution in [0.1, 0.15) is 22.6 Å². The fourth-order valence-corrected chi connectivity index (χ4v) is 4.50. The number of carboxylic acid groups (broad SMARTS) is 1. The van der Waals surface area contributed by atoms with E-state index in [-0.39, 0.29) is 18.9 Å². The van der Waals surface area contributed by atoms with Crippen LogP contribution in [0.2, 0.25) is 0 Å². The second-order valence-corrected chi connectivity index (χ2v) is 7.91. The first-order valence-corrected chi connectivity index (χ1v) is 10.5. The summed E-state index contributed by atoms with van der Waals surface area (Å²) in [5.74, 6) is -1.45. The number of rotatable bonds is 6. The minimum atomic E-state index is -1.36. The zero-order valence-corrected chi connectivity index (χ0v) is 17.2. The van der Waals surface area contributed by atoms with Crippen molar-refractivity contribution in [3.63, 3.8) is 0 Å². The van der Waals surface area contributed by atoms with Gasteiger partial charge in [-0.3, -0.25) is 0 Å². The van der Waals surface area contributed by atoms with Crippen molar-refractivity contribution < 1.29 is 19.4 Å². The number of nitrogens with one attached hydrogen (secondary N) is 2. The van der Waals surface area contributed by atoms with Gasteiger partial charge in [-0.05, 0) is 33.9 Å². The molecule has 6 nitrogen and oxygen atoms in total. The molecule has 5 rings (SSSR count). The van der Waals surface area contributed by atoms with Gasteiger partial charge in [-0.2, -0.15) is 0 Å². The molecular formula is C26H21N2O4-. The van der Waals surface area contributed by atoms with Gasteiger partial charge in [-0.15, -0.1) is 0 Å². The predicted octanol–water partition coefficient (Wildman–Crippen LogP) is 3.37. The third-order valence-electron chi connectivity index (χ3n) is 6.02. The average molecular weight is 425 g/mol. The summed E-state index contributed by atoms with van der Waals surface area (Å²) in [6.45, 7) is 0.118. The molecule has 1 amide bonds. The van der Waals surface area contributed by atoms with E-state index in [1.165, 1.54) is 0 Å². The second kappa shape index (κ2) is 8.23. The van der Waals surface area contributed by atoms with Crippen LogP contribution in [-0.4, -0.2) is 29.7 Å². The van der Waals surface area contributed by atoms with Crippen molar-refractivity contribution >= 4 is 23.0 Å². The lowest BCUT2D eigenvalue weighted by molar-refractivity contribution is -0.308. The number of para-hydroxylation sites is 1. The fourth-order valence-electron chi connectivity index (χ4n) is 4.50. The van der Waals surface area contributed by atoms with E-state index in [0.717, 1.165) is 38.7 Å². The largest absolute Gasteiger partial charge is 0.548 e. The molecule has 0 radical (unpaired) electrons. The summed E-state index contributed by atoms with van der Waals surface area (Å²) < 4.78 is 5.48. The number of H-pyrrole nitrogens is 1.